The second-order valence-electron chi connectivity index (χ2n) is 8.30. The van der Waals surface area contributed by atoms with Crippen LogP contribution in [0.1, 0.15) is 45.2 Å². The van der Waals surface area contributed by atoms with Crippen molar-refractivity contribution in [1.29, 1.82) is 0 Å². The number of carbonyl (C=O) groups excluding carboxylic acids is 5. The molecule has 4 amide bonds. The van der Waals surface area contributed by atoms with Crippen molar-refractivity contribution in [3.8, 4) is 0 Å². The lowest BCUT2D eigenvalue weighted by Gasteiger charge is -2.25. The number of ketones is 1. The monoisotopic (exact) mass is 453 g/mol. The van der Waals surface area contributed by atoms with E-state index in [9.17, 15) is 24.0 Å². The van der Waals surface area contributed by atoms with E-state index in [1.54, 1.807) is 44.2 Å². The van der Waals surface area contributed by atoms with Gasteiger partial charge in [-0.05, 0) is 18.4 Å². The van der Waals surface area contributed by atoms with Crippen LogP contribution in [0.2, 0.25) is 0 Å². The van der Waals surface area contributed by atoms with Crippen molar-refractivity contribution in [2.24, 2.45) is 11.8 Å². The zero-order valence-electron chi connectivity index (χ0n) is 19.4. The van der Waals surface area contributed by atoms with E-state index in [-0.39, 0.29) is 24.7 Å². The minimum absolute atomic E-state index is 0.0961. The van der Waals surface area contributed by atoms with Crippen LogP contribution in [0, 0.1) is 11.8 Å². The van der Waals surface area contributed by atoms with Crippen LogP contribution >= 0.6 is 0 Å². The van der Waals surface area contributed by atoms with Gasteiger partial charge in [-0.15, -0.1) is 0 Å². The number of hydrogen-bond acceptors (Lipinski definition) is 5. The van der Waals surface area contributed by atoms with Crippen molar-refractivity contribution in [3.05, 3.63) is 60.2 Å². The molecule has 176 valence electrons. The fraction of sp³-hybridized carbons (Fsp3) is 0.400. The van der Waals surface area contributed by atoms with Crippen molar-refractivity contribution in [2.75, 3.05) is 7.05 Å². The van der Waals surface area contributed by atoms with Crippen molar-refractivity contribution < 1.29 is 24.0 Å². The normalized spacial score (nSPS) is 18.2. The minimum Gasteiger partial charge on any atom is -0.346 e. The van der Waals surface area contributed by atoms with Crippen LogP contribution in [0.25, 0.3) is 0 Å². The number of Topliss-reactive ketones (excluding diaryl/α,β-unsaturated/α-hetero) is 1. The number of nitrogens with one attached hydrogen (secondary N) is 2. The molecular formula is C25H31N3O5. The third kappa shape index (κ3) is 6.97. The number of imide groups is 1. The summed E-state index contributed by atoms with van der Waals surface area (Å²) in [6.07, 6.45) is 6.19. The molecule has 1 heterocycles. The first-order valence-electron chi connectivity index (χ1n) is 10.9. The Bertz CT molecular complexity index is 952. The number of amides is 4. The SMILES string of the molecule is C/C=C/C=C/C(=O)N[C@@H](CC(=O)N[C@H](C(=O)[C@H]1CC(=O)N(C)C1=O)C(C)C)c1ccccc1. The number of rotatable bonds is 10. The molecule has 1 aliphatic heterocycles. The summed E-state index contributed by atoms with van der Waals surface area (Å²) in [5.41, 5.74) is 0.742. The van der Waals surface area contributed by atoms with E-state index >= 15 is 0 Å². The van der Waals surface area contributed by atoms with E-state index in [0.29, 0.717) is 0 Å². The van der Waals surface area contributed by atoms with Crippen LogP contribution in [0.3, 0.4) is 0 Å². The van der Waals surface area contributed by atoms with Crippen molar-refractivity contribution in [2.45, 2.75) is 45.7 Å². The number of hydrogen-bond donors (Lipinski definition) is 2. The molecule has 1 aliphatic rings. The Morgan fingerprint density at radius 3 is 2.30 bits per heavy atom. The van der Waals surface area contributed by atoms with Gasteiger partial charge in [0.25, 0.3) is 0 Å². The number of allylic oxidation sites excluding steroid dienone is 3. The topological polar surface area (TPSA) is 113 Å². The highest BCUT2D eigenvalue weighted by molar-refractivity contribution is 6.15. The molecule has 0 unspecified atom stereocenters. The average molecular weight is 454 g/mol. The van der Waals surface area contributed by atoms with Gasteiger partial charge < -0.3 is 10.6 Å². The zero-order chi connectivity index (χ0) is 24.5. The summed E-state index contributed by atoms with van der Waals surface area (Å²) in [6, 6.07) is 7.52. The van der Waals surface area contributed by atoms with Gasteiger partial charge in [-0.25, -0.2) is 0 Å². The highest BCUT2D eigenvalue weighted by Crippen LogP contribution is 2.23. The first kappa shape index (κ1) is 25.7. The Hall–Kier alpha value is -3.55. The second-order valence-corrected chi connectivity index (χ2v) is 8.30. The molecule has 8 nitrogen and oxygen atoms in total. The van der Waals surface area contributed by atoms with Gasteiger partial charge in [0, 0.05) is 19.5 Å². The summed E-state index contributed by atoms with van der Waals surface area (Å²) < 4.78 is 0. The van der Waals surface area contributed by atoms with Crippen molar-refractivity contribution >= 4 is 29.4 Å². The van der Waals surface area contributed by atoms with E-state index < -0.39 is 41.5 Å². The quantitative estimate of drug-likeness (QED) is 0.244. The molecule has 0 radical (unpaired) electrons. The Kier molecular flexibility index (Phi) is 9.27. The lowest BCUT2D eigenvalue weighted by molar-refractivity contribution is -0.141. The van der Waals surface area contributed by atoms with Crippen LogP contribution in [0.4, 0.5) is 0 Å². The molecule has 0 saturated carbocycles. The fourth-order valence-corrected chi connectivity index (χ4v) is 3.59. The number of nitrogens with zero attached hydrogens (tertiary/aromatic N) is 1. The van der Waals surface area contributed by atoms with Gasteiger partial charge in [0.1, 0.15) is 5.92 Å². The lowest BCUT2D eigenvalue weighted by Crippen LogP contribution is -2.49. The number of benzene rings is 1. The largest absolute Gasteiger partial charge is 0.346 e. The van der Waals surface area contributed by atoms with Crippen LogP contribution in [-0.4, -0.2) is 47.4 Å². The maximum absolute atomic E-state index is 13.0. The highest BCUT2D eigenvalue weighted by atomic mass is 16.2. The maximum atomic E-state index is 13.0. The van der Waals surface area contributed by atoms with Gasteiger partial charge in [-0.3, -0.25) is 28.9 Å². The van der Waals surface area contributed by atoms with E-state index in [1.165, 1.54) is 13.1 Å². The van der Waals surface area contributed by atoms with Crippen LogP contribution < -0.4 is 10.6 Å². The van der Waals surface area contributed by atoms with Gasteiger partial charge in [0.2, 0.25) is 23.6 Å². The van der Waals surface area contributed by atoms with E-state index in [2.05, 4.69) is 10.6 Å². The molecule has 0 aliphatic carbocycles. The molecule has 8 heteroatoms. The van der Waals surface area contributed by atoms with Crippen molar-refractivity contribution in [1.82, 2.24) is 15.5 Å². The van der Waals surface area contributed by atoms with Crippen molar-refractivity contribution in [3.63, 3.8) is 0 Å². The molecule has 0 spiro atoms. The Morgan fingerprint density at radius 2 is 1.76 bits per heavy atom. The lowest BCUT2D eigenvalue weighted by atomic mass is 9.89. The molecule has 0 aromatic heterocycles. The summed E-state index contributed by atoms with van der Waals surface area (Å²) in [5.74, 6) is -3.61. The van der Waals surface area contributed by atoms with Gasteiger partial charge in [-0.1, -0.05) is 62.4 Å². The molecule has 2 rings (SSSR count). The summed E-state index contributed by atoms with van der Waals surface area (Å²) in [6.45, 7) is 5.35. The number of likely N-dealkylation sites (tertiary alicyclic amines) is 1. The fourth-order valence-electron chi connectivity index (χ4n) is 3.59. The summed E-state index contributed by atoms with van der Waals surface area (Å²) in [5, 5.41) is 5.54. The molecule has 3 atom stereocenters. The Balaban J connectivity index is 2.14. The number of carbonyl (C=O) groups is 5. The Morgan fingerprint density at radius 1 is 1.09 bits per heavy atom. The van der Waals surface area contributed by atoms with E-state index in [1.807, 2.05) is 25.1 Å². The smallest absolute Gasteiger partial charge is 0.244 e. The van der Waals surface area contributed by atoms with E-state index in [0.717, 1.165) is 10.5 Å². The summed E-state index contributed by atoms with van der Waals surface area (Å²) in [4.78, 5) is 63.3. The zero-order valence-corrected chi connectivity index (χ0v) is 19.4. The third-order valence-corrected chi connectivity index (χ3v) is 5.47. The molecule has 1 fully saturated rings. The van der Waals surface area contributed by atoms with Crippen LogP contribution in [0.5, 0.6) is 0 Å². The maximum Gasteiger partial charge on any atom is 0.244 e. The highest BCUT2D eigenvalue weighted by Gasteiger charge is 2.44. The van der Waals surface area contributed by atoms with Gasteiger partial charge in [0.05, 0.1) is 18.5 Å². The Labute approximate surface area is 194 Å². The van der Waals surface area contributed by atoms with Gasteiger partial charge in [-0.2, -0.15) is 0 Å². The minimum atomic E-state index is -1.09. The van der Waals surface area contributed by atoms with Crippen LogP contribution in [0.15, 0.2) is 54.6 Å². The standard InChI is InChI=1S/C25H31N3O5/c1-5-6-8-13-20(29)26-19(17-11-9-7-10-12-17)15-21(30)27-23(16(2)3)24(32)18-14-22(31)28(4)25(18)33/h5-13,16,18-19,23H,14-15H2,1-4H3,(H,26,29)(H,27,30)/b6-5+,13-8+/t18-,19+,23+/m1/s1. The molecule has 2 N–H and O–H groups in total. The summed E-state index contributed by atoms with van der Waals surface area (Å²) >= 11 is 0. The summed E-state index contributed by atoms with van der Waals surface area (Å²) in [7, 11) is 1.35. The molecular weight excluding hydrogens is 422 g/mol. The first-order valence-corrected chi connectivity index (χ1v) is 10.9. The van der Waals surface area contributed by atoms with Gasteiger partial charge in [0.15, 0.2) is 5.78 Å². The van der Waals surface area contributed by atoms with Gasteiger partial charge >= 0.3 is 0 Å². The first-order chi connectivity index (χ1) is 15.6. The molecule has 1 aromatic rings. The predicted molar refractivity (Wildman–Crippen MR) is 124 cm³/mol. The molecule has 33 heavy (non-hydrogen) atoms. The second kappa shape index (κ2) is 11.9. The third-order valence-electron chi connectivity index (χ3n) is 5.47. The molecule has 1 aromatic carbocycles. The average Bonchev–Trinajstić information content (AvgIpc) is 3.04. The van der Waals surface area contributed by atoms with Crippen LogP contribution in [-0.2, 0) is 24.0 Å². The van der Waals surface area contributed by atoms with E-state index in [4.69, 9.17) is 0 Å². The molecule has 1 saturated heterocycles. The molecule has 0 bridgehead atoms. The predicted octanol–water partition coefficient (Wildman–Crippen LogP) is 2.08.